The first-order valence-electron chi connectivity index (χ1n) is 5.35. The Balaban J connectivity index is 2.46. The maximum Gasteiger partial charge on any atom is 0.339 e. The molecule has 2 aromatic carbocycles. The molecule has 0 bridgehead atoms. The first-order valence-corrected chi connectivity index (χ1v) is 6.43. The molecule has 0 spiro atoms. The molecule has 0 saturated heterocycles. The van der Waals surface area contributed by atoms with E-state index in [9.17, 15) is 4.79 Å². The largest absolute Gasteiger partial charge is 0.478 e. The summed E-state index contributed by atoms with van der Waals surface area (Å²) in [5.41, 5.74) is 0.976. The molecule has 0 aromatic heterocycles. The summed E-state index contributed by atoms with van der Waals surface area (Å²) in [4.78, 5) is 11.2. The van der Waals surface area contributed by atoms with Crippen LogP contribution in [0.15, 0.2) is 42.5 Å². The lowest BCUT2D eigenvalue weighted by Crippen LogP contribution is -2.02. The van der Waals surface area contributed by atoms with Gasteiger partial charge in [-0.05, 0) is 53.3 Å². The second-order valence-corrected chi connectivity index (χ2v) is 4.95. The lowest BCUT2D eigenvalue weighted by atomic mass is 10.1. The molecule has 18 heavy (non-hydrogen) atoms. The molecule has 4 heteroatoms. The normalized spacial score (nSPS) is 10.1. The van der Waals surface area contributed by atoms with E-state index in [0.29, 0.717) is 11.5 Å². The molecule has 2 rings (SSSR count). The van der Waals surface area contributed by atoms with Gasteiger partial charge in [-0.15, -0.1) is 0 Å². The fourth-order valence-electron chi connectivity index (χ4n) is 1.59. The van der Waals surface area contributed by atoms with Crippen LogP contribution in [0.4, 0.5) is 0 Å². The summed E-state index contributed by atoms with van der Waals surface area (Å²) in [6.07, 6.45) is 0. The molecule has 0 aliphatic rings. The molecule has 1 N–H and O–H groups in total. The molecule has 0 aliphatic carbocycles. The summed E-state index contributed by atoms with van der Waals surface area (Å²) in [5.74, 6) is 0.0728. The number of benzene rings is 2. The number of halogens is 1. The van der Waals surface area contributed by atoms with Crippen molar-refractivity contribution in [3.8, 4) is 11.5 Å². The van der Waals surface area contributed by atoms with Gasteiger partial charge in [-0.2, -0.15) is 0 Å². The van der Waals surface area contributed by atoms with Gasteiger partial charge in [0.15, 0.2) is 0 Å². The molecular weight excluding hydrogens is 343 g/mol. The maximum absolute atomic E-state index is 11.2. The standard InChI is InChI=1S/C14H11IO3/c1-9-5-4-6-10(14(16)17)13(9)18-12-8-3-2-7-11(12)15/h2-8H,1H3,(H,16,17). The van der Waals surface area contributed by atoms with E-state index in [2.05, 4.69) is 22.6 Å². The molecule has 2 aromatic rings. The lowest BCUT2D eigenvalue weighted by molar-refractivity contribution is 0.0694. The minimum Gasteiger partial charge on any atom is -0.478 e. The molecule has 3 nitrogen and oxygen atoms in total. The Morgan fingerprint density at radius 2 is 1.89 bits per heavy atom. The number of hydrogen-bond acceptors (Lipinski definition) is 2. The molecule has 0 unspecified atom stereocenters. The zero-order chi connectivity index (χ0) is 13.1. The fourth-order valence-corrected chi connectivity index (χ4v) is 2.09. The highest BCUT2D eigenvalue weighted by Gasteiger charge is 2.14. The Morgan fingerprint density at radius 1 is 1.17 bits per heavy atom. The van der Waals surface area contributed by atoms with E-state index >= 15 is 0 Å². The van der Waals surface area contributed by atoms with E-state index in [1.54, 1.807) is 12.1 Å². The van der Waals surface area contributed by atoms with Gasteiger partial charge in [0.25, 0.3) is 0 Å². The predicted molar refractivity (Wildman–Crippen MR) is 77.4 cm³/mol. The molecule has 0 fully saturated rings. The van der Waals surface area contributed by atoms with Gasteiger partial charge in [0, 0.05) is 0 Å². The topological polar surface area (TPSA) is 46.5 Å². The van der Waals surface area contributed by atoms with Crippen molar-refractivity contribution in [3.05, 3.63) is 57.2 Å². The van der Waals surface area contributed by atoms with Crippen LogP contribution >= 0.6 is 22.6 Å². The third-order valence-corrected chi connectivity index (χ3v) is 3.38. The Bertz CT molecular complexity index is 593. The minimum absolute atomic E-state index is 0.176. The number of rotatable bonds is 3. The SMILES string of the molecule is Cc1cccc(C(=O)O)c1Oc1ccccc1I. The van der Waals surface area contributed by atoms with E-state index < -0.39 is 5.97 Å². The van der Waals surface area contributed by atoms with Crippen molar-refractivity contribution in [2.24, 2.45) is 0 Å². The van der Waals surface area contributed by atoms with E-state index in [0.717, 1.165) is 9.13 Å². The third-order valence-electron chi connectivity index (χ3n) is 2.49. The molecule has 92 valence electrons. The van der Waals surface area contributed by atoms with Crippen LogP contribution in [-0.2, 0) is 0 Å². The molecule has 0 atom stereocenters. The molecule has 0 radical (unpaired) electrons. The Morgan fingerprint density at radius 3 is 2.56 bits per heavy atom. The smallest absolute Gasteiger partial charge is 0.339 e. The van der Waals surface area contributed by atoms with Crippen LogP contribution in [0.2, 0.25) is 0 Å². The molecular formula is C14H11IO3. The Hall–Kier alpha value is -1.56. The highest BCUT2D eigenvalue weighted by atomic mass is 127. The van der Waals surface area contributed by atoms with E-state index in [1.807, 2.05) is 37.3 Å². The maximum atomic E-state index is 11.2. The van der Waals surface area contributed by atoms with Crippen molar-refractivity contribution in [2.75, 3.05) is 0 Å². The molecule has 0 saturated carbocycles. The van der Waals surface area contributed by atoms with E-state index in [-0.39, 0.29) is 5.56 Å². The number of carbonyl (C=O) groups is 1. The van der Waals surface area contributed by atoms with Gasteiger partial charge in [0.2, 0.25) is 0 Å². The Kier molecular flexibility index (Phi) is 3.86. The fraction of sp³-hybridized carbons (Fsp3) is 0.0714. The number of carboxylic acid groups (broad SMARTS) is 1. The number of hydrogen-bond donors (Lipinski definition) is 1. The first-order chi connectivity index (χ1) is 8.59. The minimum atomic E-state index is -0.986. The number of aryl methyl sites for hydroxylation is 1. The summed E-state index contributed by atoms with van der Waals surface area (Å²) < 4.78 is 6.68. The number of carboxylic acids is 1. The average molecular weight is 354 g/mol. The van der Waals surface area contributed by atoms with Gasteiger partial charge >= 0.3 is 5.97 Å². The second-order valence-electron chi connectivity index (χ2n) is 3.79. The number of aromatic carboxylic acids is 1. The van der Waals surface area contributed by atoms with Gasteiger partial charge in [-0.1, -0.05) is 24.3 Å². The first kappa shape index (κ1) is 12.9. The molecule has 0 heterocycles. The van der Waals surface area contributed by atoms with Gasteiger partial charge in [0.1, 0.15) is 17.1 Å². The quantitative estimate of drug-likeness (QED) is 0.845. The van der Waals surface area contributed by atoms with Crippen LogP contribution in [0, 0.1) is 10.5 Å². The summed E-state index contributed by atoms with van der Waals surface area (Å²) >= 11 is 2.16. The van der Waals surface area contributed by atoms with E-state index in [1.165, 1.54) is 0 Å². The van der Waals surface area contributed by atoms with Gasteiger partial charge in [0.05, 0.1) is 3.57 Å². The van der Waals surface area contributed by atoms with Gasteiger partial charge in [-0.3, -0.25) is 0 Å². The van der Waals surface area contributed by atoms with Gasteiger partial charge in [-0.25, -0.2) is 4.79 Å². The summed E-state index contributed by atoms with van der Waals surface area (Å²) in [6, 6.07) is 12.6. The van der Waals surface area contributed by atoms with Crippen LogP contribution < -0.4 is 4.74 Å². The molecule has 0 amide bonds. The molecule has 0 aliphatic heterocycles. The van der Waals surface area contributed by atoms with Crippen molar-refractivity contribution < 1.29 is 14.6 Å². The van der Waals surface area contributed by atoms with Crippen LogP contribution in [0.3, 0.4) is 0 Å². The number of para-hydroxylation sites is 2. The zero-order valence-corrected chi connectivity index (χ0v) is 11.8. The van der Waals surface area contributed by atoms with Crippen LogP contribution in [0.25, 0.3) is 0 Å². The Labute approximate surface area is 119 Å². The van der Waals surface area contributed by atoms with Crippen molar-refractivity contribution in [2.45, 2.75) is 6.92 Å². The second kappa shape index (κ2) is 5.39. The van der Waals surface area contributed by atoms with Crippen molar-refractivity contribution in [1.29, 1.82) is 0 Å². The van der Waals surface area contributed by atoms with Crippen molar-refractivity contribution in [3.63, 3.8) is 0 Å². The average Bonchev–Trinajstić information content (AvgIpc) is 2.34. The van der Waals surface area contributed by atoms with Crippen molar-refractivity contribution in [1.82, 2.24) is 0 Å². The highest BCUT2D eigenvalue weighted by molar-refractivity contribution is 14.1. The van der Waals surface area contributed by atoms with Gasteiger partial charge < -0.3 is 9.84 Å². The van der Waals surface area contributed by atoms with E-state index in [4.69, 9.17) is 9.84 Å². The predicted octanol–water partition coefficient (Wildman–Crippen LogP) is 4.09. The number of ether oxygens (including phenoxy) is 1. The summed E-state index contributed by atoms with van der Waals surface area (Å²) in [7, 11) is 0. The van der Waals surface area contributed by atoms with Crippen LogP contribution in [0.1, 0.15) is 15.9 Å². The zero-order valence-electron chi connectivity index (χ0n) is 9.68. The van der Waals surface area contributed by atoms with Crippen LogP contribution in [0.5, 0.6) is 11.5 Å². The highest BCUT2D eigenvalue weighted by Crippen LogP contribution is 2.31. The van der Waals surface area contributed by atoms with Crippen molar-refractivity contribution >= 4 is 28.6 Å². The summed E-state index contributed by atoms with van der Waals surface area (Å²) in [5, 5.41) is 9.16. The monoisotopic (exact) mass is 354 g/mol. The van der Waals surface area contributed by atoms with Crippen LogP contribution in [-0.4, -0.2) is 11.1 Å². The summed E-state index contributed by atoms with van der Waals surface area (Å²) in [6.45, 7) is 1.83. The third kappa shape index (κ3) is 2.64. The lowest BCUT2D eigenvalue weighted by Gasteiger charge is -2.12.